The Kier molecular flexibility index (Phi) is 3.30. The van der Waals surface area contributed by atoms with Gasteiger partial charge in [-0.2, -0.15) is 0 Å². The van der Waals surface area contributed by atoms with Gasteiger partial charge in [0.2, 0.25) is 6.79 Å². The van der Waals surface area contributed by atoms with E-state index >= 15 is 0 Å². The topological polar surface area (TPSA) is 59.0 Å². The number of carbonyl (C=O) groups is 1. The fourth-order valence-electron chi connectivity index (χ4n) is 3.13. The number of carboxylic acid groups (broad SMARTS) is 1. The lowest BCUT2D eigenvalue weighted by molar-refractivity contribution is -0.140. The summed E-state index contributed by atoms with van der Waals surface area (Å²) >= 11 is 0. The molecule has 2 heterocycles. The Morgan fingerprint density at radius 2 is 2.00 bits per heavy atom. The van der Waals surface area contributed by atoms with Crippen molar-refractivity contribution in [2.45, 2.75) is 31.7 Å². The molecule has 1 atom stereocenters. The molecule has 1 unspecified atom stereocenters. The van der Waals surface area contributed by atoms with E-state index in [0.717, 1.165) is 37.2 Å². The highest BCUT2D eigenvalue weighted by Gasteiger charge is 2.38. The van der Waals surface area contributed by atoms with Crippen molar-refractivity contribution in [3.8, 4) is 11.5 Å². The van der Waals surface area contributed by atoms with Crippen molar-refractivity contribution in [1.29, 1.82) is 0 Å². The highest BCUT2D eigenvalue weighted by atomic mass is 16.7. The van der Waals surface area contributed by atoms with Gasteiger partial charge in [-0.15, -0.1) is 0 Å². The molecule has 5 nitrogen and oxygen atoms in total. The first-order valence-corrected chi connectivity index (χ1v) is 6.96. The van der Waals surface area contributed by atoms with Gasteiger partial charge < -0.3 is 14.6 Å². The van der Waals surface area contributed by atoms with Gasteiger partial charge in [-0.25, -0.2) is 0 Å². The Morgan fingerprint density at radius 1 is 1.30 bits per heavy atom. The molecule has 0 bridgehead atoms. The number of carboxylic acids is 1. The van der Waals surface area contributed by atoms with Crippen molar-refractivity contribution in [3.63, 3.8) is 0 Å². The number of likely N-dealkylation sites (tertiary alicyclic amines) is 1. The molecule has 2 aliphatic heterocycles. The first kappa shape index (κ1) is 13.2. The van der Waals surface area contributed by atoms with E-state index in [0.29, 0.717) is 5.75 Å². The van der Waals surface area contributed by atoms with E-state index in [1.165, 1.54) is 0 Å². The number of hydrogen-bond donors (Lipinski definition) is 1. The Morgan fingerprint density at radius 3 is 2.70 bits per heavy atom. The molecule has 108 valence electrons. The third-order valence-electron chi connectivity index (χ3n) is 4.29. The van der Waals surface area contributed by atoms with Crippen LogP contribution in [0.4, 0.5) is 0 Å². The van der Waals surface area contributed by atoms with Gasteiger partial charge in [-0.05, 0) is 50.6 Å². The summed E-state index contributed by atoms with van der Waals surface area (Å²) in [7, 11) is 0. The number of nitrogens with zero attached hydrogens (tertiary/aromatic N) is 1. The van der Waals surface area contributed by atoms with Crippen molar-refractivity contribution in [1.82, 2.24) is 4.90 Å². The lowest BCUT2D eigenvalue weighted by atomic mass is 9.86. The third kappa shape index (κ3) is 2.22. The Hall–Kier alpha value is -1.75. The van der Waals surface area contributed by atoms with E-state index in [1.807, 2.05) is 25.1 Å². The van der Waals surface area contributed by atoms with Gasteiger partial charge in [0.15, 0.2) is 11.5 Å². The van der Waals surface area contributed by atoms with Crippen LogP contribution in [0.25, 0.3) is 0 Å². The van der Waals surface area contributed by atoms with Gasteiger partial charge in [-0.3, -0.25) is 9.69 Å². The number of ether oxygens (including phenoxy) is 2. The number of rotatable bonds is 4. The van der Waals surface area contributed by atoms with E-state index in [9.17, 15) is 9.90 Å². The van der Waals surface area contributed by atoms with Gasteiger partial charge >= 0.3 is 5.97 Å². The number of fused-ring (bicyclic) bond motifs is 1. The first-order chi connectivity index (χ1) is 9.59. The molecule has 1 fully saturated rings. The fraction of sp³-hybridized carbons (Fsp3) is 0.533. The van der Waals surface area contributed by atoms with Crippen LogP contribution < -0.4 is 9.47 Å². The van der Waals surface area contributed by atoms with Gasteiger partial charge in [0.1, 0.15) is 0 Å². The first-order valence-electron chi connectivity index (χ1n) is 6.96. The van der Waals surface area contributed by atoms with Crippen LogP contribution in [0.2, 0.25) is 0 Å². The Bertz CT molecular complexity index is 525. The molecule has 1 aromatic rings. The zero-order valence-corrected chi connectivity index (χ0v) is 11.6. The lowest BCUT2D eigenvalue weighted by Gasteiger charge is -2.38. The van der Waals surface area contributed by atoms with Gasteiger partial charge in [0.25, 0.3) is 0 Å². The van der Waals surface area contributed by atoms with Crippen molar-refractivity contribution in [3.05, 3.63) is 23.8 Å². The van der Waals surface area contributed by atoms with Crippen LogP contribution in [0.3, 0.4) is 0 Å². The van der Waals surface area contributed by atoms with Crippen LogP contribution in [-0.4, -0.2) is 35.9 Å². The fourth-order valence-corrected chi connectivity index (χ4v) is 3.13. The summed E-state index contributed by atoms with van der Waals surface area (Å²) in [6.07, 6.45) is 2.34. The average molecular weight is 277 g/mol. The normalized spacial score (nSPS) is 20.9. The molecule has 1 aromatic carbocycles. The Balaban J connectivity index is 1.97. The Labute approximate surface area is 118 Å². The maximum Gasteiger partial charge on any atom is 0.305 e. The van der Waals surface area contributed by atoms with Crippen LogP contribution in [0.5, 0.6) is 11.5 Å². The molecule has 0 radical (unpaired) electrons. The molecule has 1 N–H and O–H groups in total. The molecule has 3 rings (SSSR count). The van der Waals surface area contributed by atoms with Crippen LogP contribution in [-0.2, 0) is 10.3 Å². The molecule has 0 saturated carbocycles. The van der Waals surface area contributed by atoms with Crippen molar-refractivity contribution in [2.24, 2.45) is 0 Å². The van der Waals surface area contributed by atoms with E-state index in [4.69, 9.17) is 9.47 Å². The zero-order chi connectivity index (χ0) is 14.2. The predicted molar refractivity (Wildman–Crippen MR) is 73.0 cm³/mol. The van der Waals surface area contributed by atoms with Crippen LogP contribution in [0.15, 0.2) is 18.2 Å². The summed E-state index contributed by atoms with van der Waals surface area (Å²) in [5.41, 5.74) is 0.481. The van der Waals surface area contributed by atoms with Crippen molar-refractivity contribution < 1.29 is 19.4 Å². The number of aliphatic carboxylic acids is 1. The molecule has 0 aliphatic carbocycles. The van der Waals surface area contributed by atoms with Crippen LogP contribution in [0, 0.1) is 0 Å². The van der Waals surface area contributed by atoms with Crippen molar-refractivity contribution in [2.75, 3.05) is 19.9 Å². The monoisotopic (exact) mass is 277 g/mol. The van der Waals surface area contributed by atoms with Crippen molar-refractivity contribution >= 4 is 5.97 Å². The van der Waals surface area contributed by atoms with E-state index in [2.05, 4.69) is 4.90 Å². The number of hydrogen-bond acceptors (Lipinski definition) is 4. The second-order valence-electron chi connectivity index (χ2n) is 5.61. The quantitative estimate of drug-likeness (QED) is 0.914. The van der Waals surface area contributed by atoms with Gasteiger partial charge in [0, 0.05) is 0 Å². The SMILES string of the molecule is CC(CC(=O)O)(c1ccc2c(c1)OCO2)N1CCCC1. The average Bonchev–Trinajstić information content (AvgIpc) is 3.08. The summed E-state index contributed by atoms with van der Waals surface area (Å²) < 4.78 is 10.7. The minimum absolute atomic E-state index is 0.0899. The molecule has 0 amide bonds. The third-order valence-corrected chi connectivity index (χ3v) is 4.29. The molecule has 0 aromatic heterocycles. The van der Waals surface area contributed by atoms with Gasteiger partial charge in [0.05, 0.1) is 12.0 Å². The number of benzene rings is 1. The minimum Gasteiger partial charge on any atom is -0.481 e. The molecule has 1 saturated heterocycles. The summed E-state index contributed by atoms with van der Waals surface area (Å²) in [5, 5.41) is 9.28. The highest BCUT2D eigenvalue weighted by molar-refractivity contribution is 5.69. The van der Waals surface area contributed by atoms with E-state index in [1.54, 1.807) is 0 Å². The minimum atomic E-state index is -0.780. The van der Waals surface area contributed by atoms with E-state index in [-0.39, 0.29) is 13.2 Å². The summed E-state index contributed by atoms with van der Waals surface area (Å²) in [6, 6.07) is 5.74. The second kappa shape index (κ2) is 4.98. The van der Waals surface area contributed by atoms with E-state index < -0.39 is 11.5 Å². The van der Waals surface area contributed by atoms with Gasteiger partial charge in [-0.1, -0.05) is 6.07 Å². The maximum atomic E-state index is 11.3. The van der Waals surface area contributed by atoms with Crippen LogP contribution in [0.1, 0.15) is 31.7 Å². The molecule has 0 spiro atoms. The largest absolute Gasteiger partial charge is 0.481 e. The standard InChI is InChI=1S/C15H19NO4/c1-15(9-14(17)18,16-6-2-3-7-16)11-4-5-12-13(8-11)20-10-19-12/h4-5,8H,2-3,6-7,9-10H2,1H3,(H,17,18). The molecule has 20 heavy (non-hydrogen) atoms. The smallest absolute Gasteiger partial charge is 0.305 e. The summed E-state index contributed by atoms with van der Waals surface area (Å²) in [6.45, 7) is 4.12. The molecular weight excluding hydrogens is 258 g/mol. The highest BCUT2D eigenvalue weighted by Crippen LogP contribution is 2.40. The molecule has 2 aliphatic rings. The predicted octanol–water partition coefficient (Wildman–Crippen LogP) is 2.20. The molecular formula is C15H19NO4. The lowest BCUT2D eigenvalue weighted by Crippen LogP contribution is -2.43. The zero-order valence-electron chi connectivity index (χ0n) is 11.6. The maximum absolute atomic E-state index is 11.3. The second-order valence-corrected chi connectivity index (χ2v) is 5.61. The van der Waals surface area contributed by atoms with Crippen LogP contribution >= 0.6 is 0 Å². The summed E-state index contributed by atoms with van der Waals surface area (Å²) in [4.78, 5) is 13.6. The molecule has 5 heteroatoms. The summed E-state index contributed by atoms with van der Waals surface area (Å²) in [5.74, 6) is 0.656.